The van der Waals surface area contributed by atoms with Crippen molar-refractivity contribution >= 4 is 11.8 Å². The second kappa shape index (κ2) is 5.11. The third-order valence-corrected chi connectivity index (χ3v) is 2.53. The highest BCUT2D eigenvalue weighted by molar-refractivity contribution is 5.94. The predicted octanol–water partition coefficient (Wildman–Crippen LogP) is -0.682. The van der Waals surface area contributed by atoms with E-state index in [9.17, 15) is 9.59 Å². The van der Waals surface area contributed by atoms with Crippen LogP contribution in [-0.2, 0) is 9.59 Å². The second-order valence-corrected chi connectivity index (χ2v) is 4.19. The maximum Gasteiger partial charge on any atom is 0.245 e. The van der Waals surface area contributed by atoms with Gasteiger partial charge in [0.15, 0.2) is 0 Å². The number of hydrogen-bond donors (Lipinski definition) is 2. The third-order valence-electron chi connectivity index (χ3n) is 2.53. The van der Waals surface area contributed by atoms with Gasteiger partial charge in [-0.1, -0.05) is 13.8 Å². The van der Waals surface area contributed by atoms with E-state index in [1.807, 2.05) is 13.8 Å². The SMILES string of the molecule is CC(C)C1NC(=O)CN(CCCN)C1=O. The molecule has 0 aromatic rings. The number of hydrogen-bond acceptors (Lipinski definition) is 3. The molecule has 15 heavy (non-hydrogen) atoms. The number of carbonyl (C=O) groups is 2. The molecule has 0 saturated carbocycles. The average molecular weight is 213 g/mol. The molecule has 1 aliphatic rings. The van der Waals surface area contributed by atoms with E-state index in [-0.39, 0.29) is 30.3 Å². The summed E-state index contributed by atoms with van der Waals surface area (Å²) in [5.41, 5.74) is 5.38. The minimum absolute atomic E-state index is 0.0121. The highest BCUT2D eigenvalue weighted by atomic mass is 16.2. The minimum Gasteiger partial charge on any atom is -0.343 e. The molecular weight excluding hydrogens is 194 g/mol. The molecule has 1 saturated heterocycles. The maximum atomic E-state index is 11.9. The molecule has 0 spiro atoms. The third kappa shape index (κ3) is 2.92. The Balaban J connectivity index is 2.63. The fraction of sp³-hybridized carbons (Fsp3) is 0.800. The van der Waals surface area contributed by atoms with E-state index < -0.39 is 0 Å². The van der Waals surface area contributed by atoms with Gasteiger partial charge >= 0.3 is 0 Å². The van der Waals surface area contributed by atoms with E-state index in [0.717, 1.165) is 6.42 Å². The van der Waals surface area contributed by atoms with Crippen LogP contribution in [0.4, 0.5) is 0 Å². The van der Waals surface area contributed by atoms with Gasteiger partial charge in [-0.15, -0.1) is 0 Å². The van der Waals surface area contributed by atoms with Crippen LogP contribution < -0.4 is 11.1 Å². The standard InChI is InChI=1S/C10H19N3O2/c1-7(2)9-10(15)13(5-3-4-11)6-8(14)12-9/h7,9H,3-6,11H2,1-2H3,(H,12,14). The van der Waals surface area contributed by atoms with Crippen molar-refractivity contribution in [2.75, 3.05) is 19.6 Å². The minimum atomic E-state index is -0.371. The average Bonchev–Trinajstić information content (AvgIpc) is 2.18. The molecule has 1 aliphatic heterocycles. The van der Waals surface area contributed by atoms with Crippen molar-refractivity contribution in [2.45, 2.75) is 26.3 Å². The van der Waals surface area contributed by atoms with Crippen molar-refractivity contribution in [3.63, 3.8) is 0 Å². The molecule has 1 rings (SSSR count). The Kier molecular flexibility index (Phi) is 4.08. The van der Waals surface area contributed by atoms with Gasteiger partial charge in [0.1, 0.15) is 6.04 Å². The lowest BCUT2D eigenvalue weighted by Crippen LogP contribution is -2.60. The Labute approximate surface area is 90.0 Å². The number of rotatable bonds is 4. The zero-order valence-corrected chi connectivity index (χ0v) is 9.32. The lowest BCUT2D eigenvalue weighted by atomic mass is 10.0. The molecule has 1 fully saturated rings. The quantitative estimate of drug-likeness (QED) is 0.649. The lowest BCUT2D eigenvalue weighted by Gasteiger charge is -2.34. The van der Waals surface area contributed by atoms with Crippen molar-refractivity contribution in [2.24, 2.45) is 11.7 Å². The van der Waals surface area contributed by atoms with Gasteiger partial charge in [0, 0.05) is 6.54 Å². The first-order chi connectivity index (χ1) is 7.06. The van der Waals surface area contributed by atoms with Crippen molar-refractivity contribution in [3.8, 4) is 0 Å². The first-order valence-electron chi connectivity index (χ1n) is 5.34. The summed E-state index contributed by atoms with van der Waals surface area (Å²) in [6, 6.07) is -0.371. The molecule has 5 heteroatoms. The summed E-state index contributed by atoms with van der Waals surface area (Å²) < 4.78 is 0. The van der Waals surface area contributed by atoms with E-state index in [4.69, 9.17) is 5.73 Å². The van der Waals surface area contributed by atoms with Crippen LogP contribution in [0.2, 0.25) is 0 Å². The largest absolute Gasteiger partial charge is 0.343 e. The zero-order valence-electron chi connectivity index (χ0n) is 9.32. The lowest BCUT2D eigenvalue weighted by molar-refractivity contribution is -0.145. The molecule has 1 heterocycles. The fourth-order valence-electron chi connectivity index (χ4n) is 1.65. The Morgan fingerprint density at radius 1 is 1.53 bits per heavy atom. The first kappa shape index (κ1) is 12.0. The maximum absolute atomic E-state index is 11.9. The van der Waals surface area contributed by atoms with E-state index in [1.54, 1.807) is 4.90 Å². The van der Waals surface area contributed by atoms with Crippen molar-refractivity contribution in [1.82, 2.24) is 10.2 Å². The van der Waals surface area contributed by atoms with Gasteiger partial charge in [0.2, 0.25) is 11.8 Å². The number of carbonyl (C=O) groups excluding carboxylic acids is 2. The summed E-state index contributed by atoms with van der Waals surface area (Å²) in [5.74, 6) is 0.0606. The number of nitrogens with zero attached hydrogens (tertiary/aromatic N) is 1. The summed E-state index contributed by atoms with van der Waals surface area (Å²) in [7, 11) is 0. The molecule has 0 radical (unpaired) electrons. The van der Waals surface area contributed by atoms with Crippen LogP contribution >= 0.6 is 0 Å². The van der Waals surface area contributed by atoms with E-state index >= 15 is 0 Å². The molecule has 5 nitrogen and oxygen atoms in total. The van der Waals surface area contributed by atoms with Crippen LogP contribution in [0.3, 0.4) is 0 Å². The molecule has 2 amide bonds. The topological polar surface area (TPSA) is 75.4 Å². The van der Waals surface area contributed by atoms with Gasteiger partial charge in [0.25, 0.3) is 0 Å². The Hall–Kier alpha value is -1.10. The van der Waals surface area contributed by atoms with Crippen molar-refractivity contribution in [1.29, 1.82) is 0 Å². The van der Waals surface area contributed by atoms with Crippen LogP contribution in [-0.4, -0.2) is 42.4 Å². The van der Waals surface area contributed by atoms with E-state index in [2.05, 4.69) is 5.32 Å². The van der Waals surface area contributed by atoms with Gasteiger partial charge < -0.3 is 16.0 Å². The van der Waals surface area contributed by atoms with Crippen LogP contribution in [0.1, 0.15) is 20.3 Å². The number of amides is 2. The van der Waals surface area contributed by atoms with Crippen LogP contribution in [0, 0.1) is 5.92 Å². The summed E-state index contributed by atoms with van der Waals surface area (Å²) in [5, 5.41) is 2.71. The van der Waals surface area contributed by atoms with Gasteiger partial charge in [-0.05, 0) is 18.9 Å². The number of nitrogens with two attached hydrogens (primary N) is 1. The van der Waals surface area contributed by atoms with Crippen molar-refractivity contribution in [3.05, 3.63) is 0 Å². The normalized spacial score (nSPS) is 22.1. The second-order valence-electron chi connectivity index (χ2n) is 4.19. The Morgan fingerprint density at radius 2 is 2.20 bits per heavy atom. The molecule has 0 aromatic carbocycles. The summed E-state index contributed by atoms with van der Waals surface area (Å²) in [4.78, 5) is 24.8. The summed E-state index contributed by atoms with van der Waals surface area (Å²) in [6.07, 6.45) is 0.740. The Morgan fingerprint density at radius 3 is 2.73 bits per heavy atom. The first-order valence-corrected chi connectivity index (χ1v) is 5.34. The zero-order chi connectivity index (χ0) is 11.4. The van der Waals surface area contributed by atoms with Crippen LogP contribution in [0.15, 0.2) is 0 Å². The molecule has 1 unspecified atom stereocenters. The molecule has 0 bridgehead atoms. The molecule has 86 valence electrons. The van der Waals surface area contributed by atoms with Crippen LogP contribution in [0.5, 0.6) is 0 Å². The highest BCUT2D eigenvalue weighted by Crippen LogP contribution is 2.10. The molecule has 3 N–H and O–H groups in total. The van der Waals surface area contributed by atoms with Crippen LogP contribution in [0.25, 0.3) is 0 Å². The van der Waals surface area contributed by atoms with E-state index in [0.29, 0.717) is 13.1 Å². The van der Waals surface area contributed by atoms with Gasteiger partial charge in [-0.2, -0.15) is 0 Å². The van der Waals surface area contributed by atoms with Gasteiger partial charge in [-0.3, -0.25) is 9.59 Å². The highest BCUT2D eigenvalue weighted by Gasteiger charge is 2.33. The Bertz CT molecular complexity index is 253. The fourth-order valence-corrected chi connectivity index (χ4v) is 1.65. The molecule has 1 atom stereocenters. The number of nitrogens with one attached hydrogen (secondary N) is 1. The predicted molar refractivity (Wildman–Crippen MR) is 57.0 cm³/mol. The summed E-state index contributed by atoms with van der Waals surface area (Å²) in [6.45, 7) is 5.14. The summed E-state index contributed by atoms with van der Waals surface area (Å²) >= 11 is 0. The number of piperazine rings is 1. The molecular formula is C10H19N3O2. The molecule has 0 aliphatic carbocycles. The van der Waals surface area contributed by atoms with Gasteiger partial charge in [-0.25, -0.2) is 0 Å². The van der Waals surface area contributed by atoms with Crippen molar-refractivity contribution < 1.29 is 9.59 Å². The molecule has 0 aromatic heterocycles. The van der Waals surface area contributed by atoms with E-state index in [1.165, 1.54) is 0 Å². The monoisotopic (exact) mass is 213 g/mol. The smallest absolute Gasteiger partial charge is 0.245 e. The van der Waals surface area contributed by atoms with Gasteiger partial charge in [0.05, 0.1) is 6.54 Å².